The lowest BCUT2D eigenvalue weighted by Crippen LogP contribution is -2.41. The number of imidazole rings is 1. The Morgan fingerprint density at radius 3 is 3.04 bits per heavy atom. The first-order chi connectivity index (χ1) is 11.1. The molecule has 2 aliphatic rings. The van der Waals surface area contributed by atoms with Crippen LogP contribution in [-0.4, -0.2) is 46.7 Å². The van der Waals surface area contributed by atoms with E-state index in [1.54, 1.807) is 0 Å². The minimum absolute atomic E-state index is 0.453. The van der Waals surface area contributed by atoms with E-state index in [2.05, 4.69) is 52.9 Å². The van der Waals surface area contributed by atoms with Gasteiger partial charge in [0, 0.05) is 25.7 Å². The zero-order valence-corrected chi connectivity index (χ0v) is 14.4. The summed E-state index contributed by atoms with van der Waals surface area (Å²) < 4.78 is 2.42. The van der Waals surface area contributed by atoms with E-state index < -0.39 is 0 Å². The molecule has 0 radical (unpaired) electrons. The van der Waals surface area contributed by atoms with Gasteiger partial charge in [0.1, 0.15) is 5.82 Å². The smallest absolute Gasteiger partial charge is 0.106 e. The van der Waals surface area contributed by atoms with Crippen LogP contribution in [0.1, 0.15) is 32.0 Å². The Balaban J connectivity index is 1.53. The third kappa shape index (κ3) is 2.90. The fraction of sp³-hybridized carbons (Fsp3) is 0.632. The fourth-order valence-corrected chi connectivity index (χ4v) is 4.44. The number of nitrogens with zero attached hydrogens (tertiary/aromatic N) is 3. The van der Waals surface area contributed by atoms with Crippen molar-refractivity contribution in [3.8, 4) is 0 Å². The van der Waals surface area contributed by atoms with E-state index in [4.69, 9.17) is 4.98 Å². The summed E-state index contributed by atoms with van der Waals surface area (Å²) in [5.74, 6) is 1.15. The van der Waals surface area contributed by atoms with E-state index in [9.17, 15) is 0 Å². The second-order valence-corrected chi connectivity index (χ2v) is 7.76. The molecule has 2 aromatic rings. The van der Waals surface area contributed by atoms with Crippen molar-refractivity contribution >= 4 is 11.0 Å². The number of aryl methyl sites for hydroxylation is 1. The van der Waals surface area contributed by atoms with Crippen molar-refractivity contribution in [3.63, 3.8) is 0 Å². The molecule has 2 saturated heterocycles. The number of nitrogens with one attached hydrogen (secondary N) is 1. The van der Waals surface area contributed by atoms with Crippen LogP contribution in [0.3, 0.4) is 0 Å². The standard InChI is InChI=1S/C19H28N4/c1-15-21-17-7-3-4-8-18(17)23(15)12-16-6-5-11-22(16)14-19(2)9-10-20-13-19/h3-4,7-8,16,20H,5-6,9-14H2,1-2H3. The van der Waals surface area contributed by atoms with Gasteiger partial charge in [0.05, 0.1) is 11.0 Å². The predicted octanol–water partition coefficient (Wildman–Crippen LogP) is 2.81. The van der Waals surface area contributed by atoms with Crippen LogP contribution in [0.25, 0.3) is 11.0 Å². The highest BCUT2D eigenvalue weighted by Crippen LogP contribution is 2.30. The molecule has 4 nitrogen and oxygen atoms in total. The van der Waals surface area contributed by atoms with Crippen LogP contribution in [0, 0.1) is 12.3 Å². The van der Waals surface area contributed by atoms with Gasteiger partial charge in [-0.3, -0.25) is 4.90 Å². The van der Waals surface area contributed by atoms with Crippen LogP contribution >= 0.6 is 0 Å². The monoisotopic (exact) mass is 312 g/mol. The van der Waals surface area contributed by atoms with E-state index in [0.717, 1.165) is 17.9 Å². The van der Waals surface area contributed by atoms with Gasteiger partial charge in [-0.15, -0.1) is 0 Å². The van der Waals surface area contributed by atoms with E-state index in [1.165, 1.54) is 51.0 Å². The number of para-hydroxylation sites is 2. The number of hydrogen-bond donors (Lipinski definition) is 1. The average molecular weight is 312 g/mol. The van der Waals surface area contributed by atoms with Gasteiger partial charge in [-0.2, -0.15) is 0 Å². The van der Waals surface area contributed by atoms with Gasteiger partial charge in [0.25, 0.3) is 0 Å². The van der Waals surface area contributed by atoms with Crippen LogP contribution in [0.15, 0.2) is 24.3 Å². The van der Waals surface area contributed by atoms with Crippen molar-refractivity contribution in [2.45, 2.75) is 45.7 Å². The Morgan fingerprint density at radius 1 is 1.35 bits per heavy atom. The molecule has 0 aliphatic carbocycles. The van der Waals surface area contributed by atoms with Gasteiger partial charge >= 0.3 is 0 Å². The first-order valence-electron chi connectivity index (χ1n) is 9.01. The fourth-order valence-electron chi connectivity index (χ4n) is 4.44. The number of fused-ring (bicyclic) bond motifs is 1. The highest BCUT2D eigenvalue weighted by molar-refractivity contribution is 5.75. The number of aromatic nitrogens is 2. The summed E-state index contributed by atoms with van der Waals surface area (Å²) in [5, 5.41) is 3.54. The number of benzene rings is 1. The van der Waals surface area contributed by atoms with E-state index in [-0.39, 0.29) is 0 Å². The normalized spacial score (nSPS) is 28.9. The highest BCUT2D eigenvalue weighted by Gasteiger charge is 2.35. The SMILES string of the molecule is Cc1nc2ccccc2n1CC1CCCN1CC1(C)CCNC1. The summed E-state index contributed by atoms with van der Waals surface area (Å²) in [6.45, 7) is 10.5. The quantitative estimate of drug-likeness (QED) is 0.942. The van der Waals surface area contributed by atoms with Gasteiger partial charge < -0.3 is 9.88 Å². The first kappa shape index (κ1) is 15.2. The van der Waals surface area contributed by atoms with Crippen LogP contribution in [-0.2, 0) is 6.54 Å². The second kappa shape index (κ2) is 5.91. The molecule has 2 aliphatic heterocycles. The Bertz CT molecular complexity index is 684. The Morgan fingerprint density at radius 2 is 2.22 bits per heavy atom. The molecule has 1 aromatic carbocycles. The topological polar surface area (TPSA) is 33.1 Å². The van der Waals surface area contributed by atoms with Crippen molar-refractivity contribution in [1.29, 1.82) is 0 Å². The maximum absolute atomic E-state index is 4.73. The average Bonchev–Trinajstić information content (AvgIpc) is 3.22. The largest absolute Gasteiger partial charge is 0.327 e. The Hall–Kier alpha value is -1.39. The summed E-state index contributed by atoms with van der Waals surface area (Å²) in [7, 11) is 0. The molecule has 2 atom stereocenters. The van der Waals surface area contributed by atoms with Gasteiger partial charge in [0.15, 0.2) is 0 Å². The van der Waals surface area contributed by atoms with Crippen LogP contribution < -0.4 is 5.32 Å². The maximum Gasteiger partial charge on any atom is 0.106 e. The van der Waals surface area contributed by atoms with E-state index >= 15 is 0 Å². The minimum Gasteiger partial charge on any atom is -0.327 e. The van der Waals surface area contributed by atoms with Gasteiger partial charge in [-0.05, 0) is 56.8 Å². The van der Waals surface area contributed by atoms with E-state index in [0.29, 0.717) is 11.5 Å². The van der Waals surface area contributed by atoms with Crippen LogP contribution in [0.4, 0.5) is 0 Å². The zero-order chi connectivity index (χ0) is 15.9. The number of rotatable bonds is 4. The van der Waals surface area contributed by atoms with Crippen molar-refractivity contribution in [3.05, 3.63) is 30.1 Å². The molecule has 23 heavy (non-hydrogen) atoms. The van der Waals surface area contributed by atoms with E-state index in [1.807, 2.05) is 0 Å². The highest BCUT2D eigenvalue weighted by atomic mass is 15.2. The summed E-state index contributed by atoms with van der Waals surface area (Å²) in [5.41, 5.74) is 2.86. The van der Waals surface area contributed by atoms with Gasteiger partial charge in [-0.1, -0.05) is 19.1 Å². The van der Waals surface area contributed by atoms with Crippen LogP contribution in [0.5, 0.6) is 0 Å². The lowest BCUT2D eigenvalue weighted by atomic mass is 9.89. The summed E-state index contributed by atoms with van der Waals surface area (Å²) in [6.07, 6.45) is 3.96. The van der Waals surface area contributed by atoms with Crippen molar-refractivity contribution in [1.82, 2.24) is 19.8 Å². The minimum atomic E-state index is 0.453. The molecule has 124 valence electrons. The summed E-state index contributed by atoms with van der Waals surface area (Å²) in [6, 6.07) is 9.18. The Labute approximate surface area is 138 Å². The number of hydrogen-bond acceptors (Lipinski definition) is 3. The molecule has 4 rings (SSSR count). The molecule has 0 spiro atoms. The molecule has 0 saturated carbocycles. The van der Waals surface area contributed by atoms with Crippen molar-refractivity contribution in [2.24, 2.45) is 5.41 Å². The van der Waals surface area contributed by atoms with Crippen molar-refractivity contribution < 1.29 is 0 Å². The summed E-state index contributed by atoms with van der Waals surface area (Å²) in [4.78, 5) is 7.47. The lowest BCUT2D eigenvalue weighted by molar-refractivity contribution is 0.154. The molecule has 1 N–H and O–H groups in total. The zero-order valence-electron chi connectivity index (χ0n) is 14.4. The van der Waals surface area contributed by atoms with Crippen molar-refractivity contribution in [2.75, 3.05) is 26.2 Å². The molecular formula is C19H28N4. The molecule has 2 fully saturated rings. The maximum atomic E-state index is 4.73. The predicted molar refractivity (Wildman–Crippen MR) is 94.7 cm³/mol. The molecule has 0 bridgehead atoms. The molecule has 1 aromatic heterocycles. The molecule has 0 amide bonds. The molecular weight excluding hydrogens is 284 g/mol. The van der Waals surface area contributed by atoms with Crippen LogP contribution in [0.2, 0.25) is 0 Å². The van der Waals surface area contributed by atoms with Gasteiger partial charge in [0.2, 0.25) is 0 Å². The van der Waals surface area contributed by atoms with Gasteiger partial charge in [-0.25, -0.2) is 4.98 Å². The molecule has 4 heteroatoms. The third-order valence-electron chi connectivity index (χ3n) is 5.78. The first-order valence-corrected chi connectivity index (χ1v) is 9.01. The molecule has 2 unspecified atom stereocenters. The second-order valence-electron chi connectivity index (χ2n) is 7.76. The Kier molecular flexibility index (Phi) is 3.90. The summed E-state index contributed by atoms with van der Waals surface area (Å²) >= 11 is 0. The number of likely N-dealkylation sites (tertiary alicyclic amines) is 1. The lowest BCUT2D eigenvalue weighted by Gasteiger charge is -2.33. The third-order valence-corrected chi connectivity index (χ3v) is 5.78. The molecule has 3 heterocycles.